The first-order valence-electron chi connectivity index (χ1n) is 7.79. The van der Waals surface area contributed by atoms with Crippen molar-refractivity contribution >= 4 is 53.3 Å². The molecule has 1 fully saturated rings. The number of hydrogen-bond donors (Lipinski definition) is 2. The molecule has 3 rings (SSSR count). The summed E-state index contributed by atoms with van der Waals surface area (Å²) >= 11 is 7.39. The fraction of sp³-hybridized carbons (Fsp3) is 0.500. The zero-order valence-electron chi connectivity index (χ0n) is 13.4. The number of fused-ring (bicyclic) bond motifs is 1. The highest BCUT2D eigenvalue weighted by molar-refractivity contribution is 8.01. The Morgan fingerprint density at radius 1 is 1.50 bits per heavy atom. The van der Waals surface area contributed by atoms with Crippen LogP contribution in [0.3, 0.4) is 0 Å². The first-order chi connectivity index (χ1) is 11.1. The van der Waals surface area contributed by atoms with Crippen LogP contribution >= 0.6 is 35.8 Å². The number of anilines is 1. The molecule has 2 aliphatic heterocycles. The van der Waals surface area contributed by atoms with Crippen LogP contribution < -0.4 is 10.6 Å². The van der Waals surface area contributed by atoms with Crippen LogP contribution in [0.4, 0.5) is 5.69 Å². The minimum Gasteiger partial charge on any atom is -0.338 e. The van der Waals surface area contributed by atoms with Gasteiger partial charge in [0.25, 0.3) is 0 Å². The van der Waals surface area contributed by atoms with Crippen LogP contribution in [0.5, 0.6) is 0 Å². The van der Waals surface area contributed by atoms with Crippen LogP contribution in [0.15, 0.2) is 23.1 Å². The van der Waals surface area contributed by atoms with Crippen molar-refractivity contribution in [3.63, 3.8) is 0 Å². The summed E-state index contributed by atoms with van der Waals surface area (Å²) in [5.41, 5.74) is 0.727. The number of nitrogens with one attached hydrogen (secondary N) is 2. The molecule has 8 heteroatoms. The van der Waals surface area contributed by atoms with Gasteiger partial charge in [0.1, 0.15) is 0 Å². The van der Waals surface area contributed by atoms with Crippen LogP contribution in [0.2, 0.25) is 5.02 Å². The number of amides is 2. The monoisotopic (exact) mass is 389 g/mol. The quantitative estimate of drug-likeness (QED) is 0.830. The first kappa shape index (κ1) is 19.4. The summed E-state index contributed by atoms with van der Waals surface area (Å²) in [5.74, 6) is -0.0599. The Morgan fingerprint density at radius 3 is 3.04 bits per heavy atom. The second-order valence-electron chi connectivity index (χ2n) is 5.88. The number of thioether (sulfide) groups is 1. The van der Waals surface area contributed by atoms with Gasteiger partial charge in [-0.3, -0.25) is 9.59 Å². The number of likely N-dealkylation sites (tertiary alicyclic amines) is 1. The molecule has 0 saturated carbocycles. The average Bonchev–Trinajstić information content (AvgIpc) is 2.97. The van der Waals surface area contributed by atoms with E-state index in [0.717, 1.165) is 36.5 Å². The molecule has 5 nitrogen and oxygen atoms in total. The Morgan fingerprint density at radius 2 is 2.29 bits per heavy atom. The molecular weight excluding hydrogens is 369 g/mol. The van der Waals surface area contributed by atoms with Gasteiger partial charge in [-0.15, -0.1) is 24.2 Å². The lowest BCUT2D eigenvalue weighted by atomic mass is 10.2. The molecule has 2 N–H and O–H groups in total. The summed E-state index contributed by atoms with van der Waals surface area (Å²) in [4.78, 5) is 27.7. The third-order valence-electron chi connectivity index (χ3n) is 4.26. The lowest BCUT2D eigenvalue weighted by Crippen LogP contribution is -2.43. The summed E-state index contributed by atoms with van der Waals surface area (Å²) in [6.07, 6.45) is 2.29. The van der Waals surface area contributed by atoms with Crippen molar-refractivity contribution in [3.05, 3.63) is 23.2 Å². The lowest BCUT2D eigenvalue weighted by Gasteiger charge is -2.28. The highest BCUT2D eigenvalue weighted by Gasteiger charge is 2.34. The van der Waals surface area contributed by atoms with E-state index < -0.39 is 0 Å². The van der Waals surface area contributed by atoms with Crippen molar-refractivity contribution in [1.82, 2.24) is 10.2 Å². The molecule has 0 radical (unpaired) electrons. The summed E-state index contributed by atoms with van der Waals surface area (Å²) in [6, 6.07) is 5.67. The van der Waals surface area contributed by atoms with Crippen LogP contribution in [0.25, 0.3) is 0 Å². The molecule has 2 heterocycles. The molecule has 1 saturated heterocycles. The average molecular weight is 390 g/mol. The van der Waals surface area contributed by atoms with Gasteiger partial charge in [0.2, 0.25) is 11.8 Å². The standard InChI is InChI=1S/C16H20ClN3O2S.ClH/c1-18-9-11-3-2-6-20(11)15(21)8-14-16(22)19-12-7-10(17)4-5-13(12)23-14;/h4-5,7,11,14,18H,2-3,6,8-9H2,1H3,(H,19,22);1H. The number of benzene rings is 1. The molecule has 0 aliphatic carbocycles. The van der Waals surface area contributed by atoms with Crippen LogP contribution in [0.1, 0.15) is 19.3 Å². The number of carbonyl (C=O) groups excluding carboxylic acids is 2. The molecule has 2 amide bonds. The van der Waals surface area contributed by atoms with E-state index in [9.17, 15) is 9.59 Å². The smallest absolute Gasteiger partial charge is 0.238 e. The molecule has 2 atom stereocenters. The van der Waals surface area contributed by atoms with Crippen molar-refractivity contribution in [2.24, 2.45) is 0 Å². The maximum Gasteiger partial charge on any atom is 0.238 e. The van der Waals surface area contributed by atoms with Crippen LogP contribution in [-0.4, -0.2) is 48.1 Å². The van der Waals surface area contributed by atoms with E-state index in [1.54, 1.807) is 12.1 Å². The van der Waals surface area contributed by atoms with Gasteiger partial charge in [-0.2, -0.15) is 0 Å². The molecule has 1 aromatic rings. The molecule has 2 aliphatic rings. The van der Waals surface area contributed by atoms with Gasteiger partial charge in [-0.1, -0.05) is 11.6 Å². The maximum absolute atomic E-state index is 12.6. The molecule has 0 aromatic heterocycles. The fourth-order valence-electron chi connectivity index (χ4n) is 3.14. The van der Waals surface area contributed by atoms with Crippen molar-refractivity contribution in [2.75, 3.05) is 25.5 Å². The number of nitrogens with zero attached hydrogens (tertiary/aromatic N) is 1. The Kier molecular flexibility index (Phi) is 6.80. The molecule has 1 aromatic carbocycles. The molecule has 2 unspecified atom stereocenters. The zero-order chi connectivity index (χ0) is 16.4. The van der Waals surface area contributed by atoms with Gasteiger partial charge < -0.3 is 15.5 Å². The predicted molar refractivity (Wildman–Crippen MR) is 100 cm³/mol. The molecule has 24 heavy (non-hydrogen) atoms. The Hall–Kier alpha value is -0.950. The van der Waals surface area contributed by atoms with Crippen molar-refractivity contribution < 1.29 is 9.59 Å². The Bertz CT molecular complexity index is 629. The molecule has 0 bridgehead atoms. The van der Waals surface area contributed by atoms with E-state index in [1.165, 1.54) is 11.8 Å². The first-order valence-corrected chi connectivity index (χ1v) is 9.05. The van der Waals surface area contributed by atoms with E-state index >= 15 is 0 Å². The zero-order valence-corrected chi connectivity index (χ0v) is 15.8. The number of rotatable bonds is 4. The van der Waals surface area contributed by atoms with E-state index in [-0.39, 0.29) is 41.9 Å². The van der Waals surface area contributed by atoms with Gasteiger partial charge in [-0.05, 0) is 38.1 Å². The number of hydrogen-bond acceptors (Lipinski definition) is 4. The minimum atomic E-state index is -0.382. The summed E-state index contributed by atoms with van der Waals surface area (Å²) in [6.45, 7) is 1.59. The van der Waals surface area contributed by atoms with E-state index in [0.29, 0.717) is 5.02 Å². The van der Waals surface area contributed by atoms with Gasteiger partial charge in [0.15, 0.2) is 0 Å². The van der Waals surface area contributed by atoms with Gasteiger partial charge >= 0.3 is 0 Å². The van der Waals surface area contributed by atoms with Gasteiger partial charge in [0, 0.05) is 35.5 Å². The lowest BCUT2D eigenvalue weighted by molar-refractivity contribution is -0.133. The third kappa shape index (κ3) is 4.17. The third-order valence-corrected chi connectivity index (χ3v) is 5.77. The highest BCUT2D eigenvalue weighted by atomic mass is 35.5. The number of carbonyl (C=O) groups is 2. The topological polar surface area (TPSA) is 61.4 Å². The molecule has 132 valence electrons. The van der Waals surface area contributed by atoms with E-state index in [4.69, 9.17) is 11.6 Å². The second kappa shape index (κ2) is 8.43. The maximum atomic E-state index is 12.6. The second-order valence-corrected chi connectivity index (χ2v) is 7.56. The van der Waals surface area contributed by atoms with Crippen LogP contribution in [-0.2, 0) is 9.59 Å². The Labute approximate surface area is 157 Å². The van der Waals surface area contributed by atoms with Gasteiger partial charge in [0.05, 0.1) is 10.9 Å². The van der Waals surface area contributed by atoms with Crippen LogP contribution in [0, 0.1) is 0 Å². The normalized spacial score (nSPS) is 22.6. The van der Waals surface area contributed by atoms with Crippen molar-refractivity contribution in [1.29, 1.82) is 0 Å². The molecular formula is C16H21Cl2N3O2S. The van der Waals surface area contributed by atoms with Gasteiger partial charge in [-0.25, -0.2) is 0 Å². The minimum absolute atomic E-state index is 0. The molecule has 0 spiro atoms. The summed E-state index contributed by atoms with van der Waals surface area (Å²) < 4.78 is 0. The van der Waals surface area contributed by atoms with Crippen molar-refractivity contribution in [2.45, 2.75) is 35.4 Å². The van der Waals surface area contributed by atoms with E-state index in [2.05, 4.69) is 10.6 Å². The predicted octanol–water partition coefficient (Wildman–Crippen LogP) is 2.78. The summed E-state index contributed by atoms with van der Waals surface area (Å²) in [5, 5.41) is 6.20. The Balaban J connectivity index is 0.00000208. The van der Waals surface area contributed by atoms with Crippen molar-refractivity contribution in [3.8, 4) is 0 Å². The largest absolute Gasteiger partial charge is 0.338 e. The SMILES string of the molecule is CNCC1CCCN1C(=O)CC1Sc2ccc(Cl)cc2NC1=O.Cl. The number of likely N-dealkylation sites (N-methyl/N-ethyl adjacent to an activating group) is 1. The van der Waals surface area contributed by atoms with E-state index in [1.807, 2.05) is 18.0 Å². The fourth-order valence-corrected chi connectivity index (χ4v) is 4.40. The highest BCUT2D eigenvalue weighted by Crippen LogP contribution is 2.38. The summed E-state index contributed by atoms with van der Waals surface area (Å²) in [7, 11) is 1.90. The number of halogens is 2.